The number of carbonyl (C=O) groups excluding carboxylic acids is 2. The van der Waals surface area contributed by atoms with Crippen LogP contribution in [-0.2, 0) is 30.7 Å². The number of aromatic nitrogens is 1. The Kier molecular flexibility index (Phi) is 14.4. The van der Waals surface area contributed by atoms with E-state index in [-0.39, 0.29) is 75.2 Å². The van der Waals surface area contributed by atoms with Crippen LogP contribution in [0.2, 0.25) is 10.0 Å². The lowest BCUT2D eigenvalue weighted by molar-refractivity contribution is -0.605. The maximum absolute atomic E-state index is 13.4. The molecule has 58 heavy (non-hydrogen) atoms. The number of esters is 2. The number of benzene rings is 2. The van der Waals surface area contributed by atoms with Crippen molar-refractivity contribution in [2.24, 2.45) is 11.8 Å². The van der Waals surface area contributed by atoms with Gasteiger partial charge in [0, 0.05) is 51.3 Å². The van der Waals surface area contributed by atoms with Gasteiger partial charge >= 0.3 is 18.6 Å². The summed E-state index contributed by atoms with van der Waals surface area (Å²) in [6, 6.07) is 8.35. The maximum Gasteiger partial charge on any atom is 0.387 e. The Hall–Kier alpha value is -4.16. The highest BCUT2D eigenvalue weighted by Gasteiger charge is 2.29. The van der Waals surface area contributed by atoms with E-state index in [1.54, 1.807) is 0 Å². The monoisotopic (exact) mass is 870 g/mol. The largest absolute Gasteiger partial charge is 0.619 e. The van der Waals surface area contributed by atoms with Gasteiger partial charge in [-0.3, -0.25) is 9.21 Å². The number of pyridine rings is 1. The Bertz CT molecular complexity index is 2030. The predicted octanol–water partition coefficient (Wildman–Crippen LogP) is 5.50. The van der Waals surface area contributed by atoms with Gasteiger partial charge < -0.3 is 33.8 Å². The van der Waals surface area contributed by atoms with Crippen molar-refractivity contribution < 1.29 is 55.2 Å². The summed E-state index contributed by atoms with van der Waals surface area (Å²) in [5.41, 5.74) is 0.827. The molecule has 19 heteroatoms. The predicted molar refractivity (Wildman–Crippen MR) is 210 cm³/mol. The molecule has 1 aromatic heterocycles. The van der Waals surface area contributed by atoms with Gasteiger partial charge in [0.25, 0.3) is 0 Å². The molecule has 3 aliphatic rings. The molecule has 1 atom stereocenters. The third-order valence-corrected chi connectivity index (χ3v) is 11.9. The van der Waals surface area contributed by atoms with Crippen molar-refractivity contribution >= 4 is 50.9 Å². The lowest BCUT2D eigenvalue weighted by Crippen LogP contribution is -2.47. The first-order valence-electron chi connectivity index (χ1n) is 18.9. The first-order chi connectivity index (χ1) is 27.6. The van der Waals surface area contributed by atoms with Gasteiger partial charge in [0.15, 0.2) is 30.5 Å². The number of carbonyl (C=O) groups is 2. The number of nitrogens with zero attached hydrogens (tertiary/aromatic N) is 4. The standard InChI is InChI=1S/C39H46Cl2F2N4O10S/c1-44-11-13-45(14-12-44)15-16-47(58(2,51)52)32-9-7-28(18-35(32)53-22-25-3-4-25)38(49)55-24-37(48)56-34(19-29-30(40)20-46(50)21-31(29)41)27-8-10-33(57-39(42)43)36(17-27)54-23-26-5-6-26/h7-10,17-18,20-21,25-26,34,39H,3-6,11-16,19,22-24H2,1-2H3. The molecule has 0 bridgehead atoms. The van der Waals surface area contributed by atoms with Crippen LogP contribution in [0, 0.1) is 17.0 Å². The zero-order chi connectivity index (χ0) is 41.6. The fraction of sp³-hybridized carbons (Fsp3) is 0.513. The van der Waals surface area contributed by atoms with Crippen LogP contribution in [0.1, 0.15) is 53.3 Å². The highest BCUT2D eigenvalue weighted by molar-refractivity contribution is 7.92. The van der Waals surface area contributed by atoms with Gasteiger partial charge in [-0.25, -0.2) is 18.0 Å². The molecule has 1 aliphatic heterocycles. The summed E-state index contributed by atoms with van der Waals surface area (Å²) in [5, 5.41) is 11.9. The number of anilines is 1. The van der Waals surface area contributed by atoms with Crippen molar-refractivity contribution in [3.05, 3.63) is 80.7 Å². The summed E-state index contributed by atoms with van der Waals surface area (Å²) in [5.74, 6) is -1.34. The molecule has 1 unspecified atom stereocenters. The first-order valence-corrected chi connectivity index (χ1v) is 21.5. The molecule has 14 nitrogen and oxygen atoms in total. The molecule has 6 rings (SSSR count). The van der Waals surface area contributed by atoms with E-state index in [4.69, 9.17) is 42.1 Å². The van der Waals surface area contributed by atoms with Crippen LogP contribution < -0.4 is 23.2 Å². The Balaban J connectivity index is 1.18. The summed E-state index contributed by atoms with van der Waals surface area (Å²) in [7, 11) is -1.71. The summed E-state index contributed by atoms with van der Waals surface area (Å²) in [6.07, 6.45) is 5.75. The quantitative estimate of drug-likeness (QED) is 0.0801. The van der Waals surface area contributed by atoms with Gasteiger partial charge in [0.1, 0.15) is 21.9 Å². The van der Waals surface area contributed by atoms with Crippen molar-refractivity contribution in [3.63, 3.8) is 0 Å². The van der Waals surface area contributed by atoms with E-state index in [1.165, 1.54) is 40.7 Å². The fourth-order valence-electron chi connectivity index (χ4n) is 6.29. The van der Waals surface area contributed by atoms with E-state index in [9.17, 15) is 32.0 Å². The van der Waals surface area contributed by atoms with Crippen molar-refractivity contribution in [2.75, 3.05) is 76.7 Å². The third-order valence-electron chi connectivity index (χ3n) is 10.0. The minimum Gasteiger partial charge on any atom is -0.619 e. The van der Waals surface area contributed by atoms with Gasteiger partial charge in [-0.05, 0) is 80.5 Å². The van der Waals surface area contributed by atoms with Crippen molar-refractivity contribution in [2.45, 2.75) is 44.8 Å². The SMILES string of the molecule is CN1CCN(CCN(c2ccc(C(=O)OCC(=O)OC(Cc3c(Cl)c[n+]([O-])cc3Cl)c3ccc(OC(F)F)c(OCC4CC4)c3)cc2OCC2CC2)S(C)(=O)=O)CC1. The van der Waals surface area contributed by atoms with E-state index in [0.29, 0.717) is 23.8 Å². The van der Waals surface area contributed by atoms with Gasteiger partial charge in [0.05, 0.1) is 30.7 Å². The molecule has 1 saturated heterocycles. The molecule has 0 spiro atoms. The summed E-state index contributed by atoms with van der Waals surface area (Å²) in [6.45, 7) is 0.667. The Morgan fingerprint density at radius 1 is 0.931 bits per heavy atom. The number of hydrogen-bond donors (Lipinski definition) is 0. The molecular formula is C39H46Cl2F2N4O10S. The number of halogens is 4. The fourth-order valence-corrected chi connectivity index (χ4v) is 7.81. The average molecular weight is 872 g/mol. The molecule has 2 heterocycles. The van der Waals surface area contributed by atoms with Crippen molar-refractivity contribution in [1.29, 1.82) is 0 Å². The molecule has 2 aromatic carbocycles. The van der Waals surface area contributed by atoms with E-state index in [1.807, 2.05) is 7.05 Å². The zero-order valence-electron chi connectivity index (χ0n) is 32.1. The van der Waals surface area contributed by atoms with E-state index in [0.717, 1.165) is 70.5 Å². The van der Waals surface area contributed by atoms with Crippen LogP contribution in [0.5, 0.6) is 17.2 Å². The summed E-state index contributed by atoms with van der Waals surface area (Å²) >= 11 is 12.7. The van der Waals surface area contributed by atoms with Gasteiger partial charge in [-0.2, -0.15) is 13.5 Å². The number of piperazine rings is 1. The van der Waals surface area contributed by atoms with Crippen molar-refractivity contribution in [3.8, 4) is 17.2 Å². The highest BCUT2D eigenvalue weighted by atomic mass is 35.5. The first kappa shape index (κ1) is 43.4. The molecule has 3 fully saturated rings. The maximum atomic E-state index is 13.4. The second kappa shape index (κ2) is 19.3. The number of hydrogen-bond acceptors (Lipinski definition) is 12. The molecule has 2 saturated carbocycles. The second-order valence-corrected chi connectivity index (χ2v) is 17.5. The lowest BCUT2D eigenvalue weighted by Gasteiger charge is -2.34. The Labute approximate surface area is 346 Å². The number of sulfonamides is 1. The Morgan fingerprint density at radius 2 is 1.57 bits per heavy atom. The molecule has 0 radical (unpaired) electrons. The minimum absolute atomic E-state index is 0.00300. The van der Waals surface area contributed by atoms with Gasteiger partial charge in [-0.1, -0.05) is 29.3 Å². The second-order valence-electron chi connectivity index (χ2n) is 14.8. The molecule has 2 aliphatic carbocycles. The van der Waals surface area contributed by atoms with Crippen LogP contribution in [0.3, 0.4) is 0 Å². The molecule has 316 valence electrons. The zero-order valence-corrected chi connectivity index (χ0v) is 34.4. The highest BCUT2D eigenvalue weighted by Crippen LogP contribution is 2.39. The average Bonchev–Trinajstić information content (AvgIpc) is 4.10. The lowest BCUT2D eigenvalue weighted by atomic mass is 10.0. The minimum atomic E-state index is -3.75. The molecule has 0 N–H and O–H groups in total. The van der Waals surface area contributed by atoms with E-state index in [2.05, 4.69) is 14.5 Å². The molecular weight excluding hydrogens is 825 g/mol. The summed E-state index contributed by atoms with van der Waals surface area (Å²) in [4.78, 5) is 31.1. The Morgan fingerprint density at radius 3 is 2.17 bits per heavy atom. The number of alkyl halides is 2. The molecule has 0 amide bonds. The van der Waals surface area contributed by atoms with Crippen LogP contribution in [0.4, 0.5) is 14.5 Å². The molecule has 3 aromatic rings. The third kappa shape index (κ3) is 12.4. The number of rotatable bonds is 20. The summed E-state index contributed by atoms with van der Waals surface area (Å²) < 4.78 is 82.0. The van der Waals surface area contributed by atoms with Crippen molar-refractivity contribution in [1.82, 2.24) is 9.80 Å². The van der Waals surface area contributed by atoms with Crippen LogP contribution in [-0.4, -0.2) is 109 Å². The van der Waals surface area contributed by atoms with Gasteiger partial charge in [-0.15, -0.1) is 0 Å². The van der Waals surface area contributed by atoms with Gasteiger partial charge in [0.2, 0.25) is 10.0 Å². The van der Waals surface area contributed by atoms with E-state index < -0.39 is 41.3 Å². The van der Waals surface area contributed by atoms with E-state index >= 15 is 0 Å². The van der Waals surface area contributed by atoms with Crippen LogP contribution >= 0.6 is 23.2 Å². The number of ether oxygens (including phenoxy) is 5. The van der Waals surface area contributed by atoms with Crippen LogP contribution in [0.15, 0.2) is 48.8 Å². The van der Waals surface area contributed by atoms with Crippen LogP contribution in [0.25, 0.3) is 0 Å². The smallest absolute Gasteiger partial charge is 0.387 e. The topological polar surface area (TPSA) is 151 Å². The normalized spacial score (nSPS) is 16.8. The number of likely N-dealkylation sites (N-methyl/N-ethyl adjacent to an activating group) is 1.